The first-order chi connectivity index (χ1) is 14.2. The van der Waals surface area contributed by atoms with Crippen LogP contribution in [0.4, 0.5) is 11.6 Å². The van der Waals surface area contributed by atoms with Crippen LogP contribution in [-0.4, -0.2) is 32.3 Å². The van der Waals surface area contributed by atoms with Crippen molar-refractivity contribution in [3.05, 3.63) is 77.9 Å². The maximum absolute atomic E-state index is 12.9. The molecule has 4 heterocycles. The van der Waals surface area contributed by atoms with E-state index in [0.717, 1.165) is 54.3 Å². The molecule has 1 aliphatic rings. The van der Waals surface area contributed by atoms with Gasteiger partial charge >= 0.3 is 0 Å². The summed E-state index contributed by atoms with van der Waals surface area (Å²) < 4.78 is 0. The van der Waals surface area contributed by atoms with Gasteiger partial charge in [0.2, 0.25) is 5.91 Å². The monoisotopic (exact) mass is 387 g/mol. The smallest absolute Gasteiger partial charge is 0.227 e. The zero-order chi connectivity index (χ0) is 20.1. The number of pyridine rings is 3. The fraction of sp³-hybridized carbons (Fsp3) is 0.304. The Labute approximate surface area is 171 Å². The quantitative estimate of drug-likeness (QED) is 0.710. The van der Waals surface area contributed by atoms with Crippen LogP contribution in [0.15, 0.2) is 61.1 Å². The van der Waals surface area contributed by atoms with Crippen LogP contribution < -0.4 is 5.32 Å². The van der Waals surface area contributed by atoms with Crippen LogP contribution in [0.5, 0.6) is 0 Å². The topological polar surface area (TPSA) is 71.0 Å². The Kier molecular flexibility index (Phi) is 5.79. The van der Waals surface area contributed by atoms with Gasteiger partial charge in [-0.25, -0.2) is 9.97 Å². The molecule has 1 saturated heterocycles. The summed E-state index contributed by atoms with van der Waals surface area (Å²) in [7, 11) is 0. The van der Waals surface area contributed by atoms with Crippen LogP contribution in [0.25, 0.3) is 0 Å². The average molecular weight is 387 g/mol. The van der Waals surface area contributed by atoms with E-state index < -0.39 is 0 Å². The van der Waals surface area contributed by atoms with Crippen molar-refractivity contribution in [1.82, 2.24) is 19.9 Å². The highest BCUT2D eigenvalue weighted by atomic mass is 16.2. The van der Waals surface area contributed by atoms with Crippen molar-refractivity contribution in [2.45, 2.75) is 38.6 Å². The lowest BCUT2D eigenvalue weighted by molar-refractivity contribution is -0.134. The van der Waals surface area contributed by atoms with E-state index >= 15 is 0 Å². The van der Waals surface area contributed by atoms with Gasteiger partial charge in [-0.2, -0.15) is 0 Å². The van der Waals surface area contributed by atoms with Crippen molar-refractivity contribution >= 4 is 17.5 Å². The molecule has 0 saturated carbocycles. The van der Waals surface area contributed by atoms with E-state index in [-0.39, 0.29) is 11.9 Å². The molecule has 0 unspecified atom stereocenters. The molecule has 0 bridgehead atoms. The number of likely N-dealkylation sites (tertiary alicyclic amines) is 1. The second-order valence-corrected chi connectivity index (χ2v) is 7.40. The van der Waals surface area contributed by atoms with Gasteiger partial charge in [0.05, 0.1) is 12.5 Å². The van der Waals surface area contributed by atoms with Crippen LogP contribution in [-0.2, 0) is 11.2 Å². The molecule has 1 amide bonds. The largest absolute Gasteiger partial charge is 0.335 e. The number of hydrogen-bond donors (Lipinski definition) is 1. The van der Waals surface area contributed by atoms with Gasteiger partial charge in [-0.1, -0.05) is 18.2 Å². The Hall–Kier alpha value is -3.28. The molecule has 0 spiro atoms. The maximum Gasteiger partial charge on any atom is 0.227 e. The molecule has 1 N–H and O–H groups in total. The third-order valence-corrected chi connectivity index (χ3v) is 5.22. The molecule has 29 heavy (non-hydrogen) atoms. The summed E-state index contributed by atoms with van der Waals surface area (Å²) in [5.41, 5.74) is 2.98. The predicted molar refractivity (Wildman–Crippen MR) is 113 cm³/mol. The number of aryl methyl sites for hydroxylation is 1. The number of nitrogens with zero attached hydrogens (tertiary/aromatic N) is 4. The molecule has 1 fully saturated rings. The summed E-state index contributed by atoms with van der Waals surface area (Å²) in [4.78, 5) is 28.1. The highest BCUT2D eigenvalue weighted by molar-refractivity contribution is 5.79. The van der Waals surface area contributed by atoms with Crippen LogP contribution in [0.2, 0.25) is 0 Å². The summed E-state index contributed by atoms with van der Waals surface area (Å²) in [5, 5.41) is 3.23. The minimum absolute atomic E-state index is 0.0755. The molecule has 6 nitrogen and oxygen atoms in total. The van der Waals surface area contributed by atoms with Gasteiger partial charge in [0, 0.05) is 30.8 Å². The fourth-order valence-electron chi connectivity index (χ4n) is 3.78. The molecule has 4 rings (SSSR count). The van der Waals surface area contributed by atoms with Crippen molar-refractivity contribution < 1.29 is 4.79 Å². The number of carbonyl (C=O) groups is 1. The third kappa shape index (κ3) is 4.77. The number of hydrogen-bond acceptors (Lipinski definition) is 5. The fourth-order valence-corrected chi connectivity index (χ4v) is 3.78. The molecule has 1 atom stereocenters. The lowest BCUT2D eigenvalue weighted by Crippen LogP contribution is -2.39. The predicted octanol–water partition coefficient (Wildman–Crippen LogP) is 4.22. The molecule has 3 aromatic rings. The normalized spacial score (nSPS) is 16.4. The standard InChI is InChI=1S/C23H25N5O/c1-17-6-4-9-22(26-17)27-21-11-10-19(16-25-21)20-8-2-3-13-28(20)23(29)14-18-7-5-12-24-15-18/h4-7,9-12,15-16,20H,2-3,8,13-14H2,1H3,(H,25,26,27)/t20-/m1/s1. The van der Waals surface area contributed by atoms with E-state index in [4.69, 9.17) is 0 Å². The highest BCUT2D eigenvalue weighted by Crippen LogP contribution is 2.31. The minimum Gasteiger partial charge on any atom is -0.335 e. The van der Waals surface area contributed by atoms with Crippen LogP contribution >= 0.6 is 0 Å². The van der Waals surface area contributed by atoms with E-state index in [0.29, 0.717) is 6.42 Å². The zero-order valence-corrected chi connectivity index (χ0v) is 16.6. The van der Waals surface area contributed by atoms with Crippen LogP contribution in [0, 0.1) is 6.92 Å². The number of piperidine rings is 1. The third-order valence-electron chi connectivity index (χ3n) is 5.22. The van der Waals surface area contributed by atoms with Crippen LogP contribution in [0.3, 0.4) is 0 Å². The maximum atomic E-state index is 12.9. The molecule has 148 valence electrons. The van der Waals surface area contributed by atoms with Crippen molar-refractivity contribution in [2.75, 3.05) is 11.9 Å². The van der Waals surface area contributed by atoms with Gasteiger partial charge < -0.3 is 10.2 Å². The van der Waals surface area contributed by atoms with E-state index in [1.165, 1.54) is 0 Å². The number of aromatic nitrogens is 3. The molecular weight excluding hydrogens is 362 g/mol. The number of amides is 1. The molecule has 1 aliphatic heterocycles. The van der Waals surface area contributed by atoms with Gasteiger partial charge in [0.15, 0.2) is 0 Å². The van der Waals surface area contributed by atoms with Crippen molar-refractivity contribution in [2.24, 2.45) is 0 Å². The Balaban J connectivity index is 1.47. The lowest BCUT2D eigenvalue weighted by Gasteiger charge is -2.36. The van der Waals surface area contributed by atoms with Gasteiger partial charge in [-0.05, 0) is 61.6 Å². The van der Waals surface area contributed by atoms with E-state index in [1.807, 2.05) is 54.4 Å². The van der Waals surface area contributed by atoms with E-state index in [1.54, 1.807) is 12.4 Å². The molecule has 6 heteroatoms. The lowest BCUT2D eigenvalue weighted by atomic mass is 9.95. The number of anilines is 2. The summed E-state index contributed by atoms with van der Waals surface area (Å²) in [6, 6.07) is 13.8. The SMILES string of the molecule is Cc1cccc(Nc2ccc([C@H]3CCCCN3C(=O)Cc3cccnc3)cn2)n1. The summed E-state index contributed by atoms with van der Waals surface area (Å²) in [6.45, 7) is 2.75. The number of carbonyl (C=O) groups excluding carboxylic acids is 1. The first-order valence-electron chi connectivity index (χ1n) is 10.0. The molecule has 3 aromatic heterocycles. The Morgan fingerprint density at radius 1 is 1.10 bits per heavy atom. The zero-order valence-electron chi connectivity index (χ0n) is 16.6. The Morgan fingerprint density at radius 2 is 2.03 bits per heavy atom. The van der Waals surface area contributed by atoms with Crippen LogP contribution in [0.1, 0.15) is 42.1 Å². The van der Waals surface area contributed by atoms with E-state index in [2.05, 4.69) is 26.3 Å². The molecular formula is C23H25N5O. The molecule has 0 aromatic carbocycles. The average Bonchev–Trinajstić information content (AvgIpc) is 2.75. The van der Waals surface area contributed by atoms with Gasteiger partial charge in [0.25, 0.3) is 0 Å². The van der Waals surface area contributed by atoms with Gasteiger partial charge in [-0.15, -0.1) is 0 Å². The second kappa shape index (κ2) is 8.82. The Morgan fingerprint density at radius 3 is 2.79 bits per heavy atom. The molecule has 0 aliphatic carbocycles. The van der Waals surface area contributed by atoms with E-state index in [9.17, 15) is 4.79 Å². The minimum atomic E-state index is 0.0755. The van der Waals surface area contributed by atoms with Gasteiger partial charge in [-0.3, -0.25) is 9.78 Å². The second-order valence-electron chi connectivity index (χ2n) is 7.40. The Bertz CT molecular complexity index is 959. The van der Waals surface area contributed by atoms with Gasteiger partial charge in [0.1, 0.15) is 11.6 Å². The van der Waals surface area contributed by atoms with Crippen molar-refractivity contribution in [3.63, 3.8) is 0 Å². The first kappa shape index (κ1) is 19.1. The summed E-state index contributed by atoms with van der Waals surface area (Å²) >= 11 is 0. The van der Waals surface area contributed by atoms with Crippen molar-refractivity contribution in [3.8, 4) is 0 Å². The first-order valence-corrected chi connectivity index (χ1v) is 10.0. The van der Waals surface area contributed by atoms with Crippen molar-refractivity contribution in [1.29, 1.82) is 0 Å². The molecule has 0 radical (unpaired) electrons. The number of nitrogens with one attached hydrogen (secondary N) is 1. The summed E-state index contributed by atoms with van der Waals surface area (Å²) in [6.07, 6.45) is 8.88. The summed E-state index contributed by atoms with van der Waals surface area (Å²) in [5.74, 6) is 1.67. The highest BCUT2D eigenvalue weighted by Gasteiger charge is 2.28. The number of rotatable bonds is 5.